The van der Waals surface area contributed by atoms with Crippen LogP contribution in [0.5, 0.6) is 0 Å². The Bertz CT molecular complexity index is 180. The Hall–Kier alpha value is -0.770. The SMILES string of the molecule is CCN(C)C(=O)N(CC)C1CNC1. The maximum absolute atomic E-state index is 11.8. The van der Waals surface area contributed by atoms with Gasteiger partial charge in [0.2, 0.25) is 0 Å². The zero-order chi connectivity index (χ0) is 9.84. The van der Waals surface area contributed by atoms with E-state index in [0.717, 1.165) is 26.2 Å². The molecule has 0 aromatic rings. The van der Waals surface area contributed by atoms with Crippen LogP contribution in [0.3, 0.4) is 0 Å². The molecule has 1 fully saturated rings. The molecule has 0 radical (unpaired) electrons. The van der Waals surface area contributed by atoms with Gasteiger partial charge in [-0.15, -0.1) is 0 Å². The van der Waals surface area contributed by atoms with E-state index in [1.807, 2.05) is 25.8 Å². The molecule has 1 saturated heterocycles. The van der Waals surface area contributed by atoms with Gasteiger partial charge in [0.15, 0.2) is 0 Å². The zero-order valence-electron chi connectivity index (χ0n) is 8.71. The maximum atomic E-state index is 11.8. The third kappa shape index (κ3) is 2.12. The molecule has 0 aromatic heterocycles. The summed E-state index contributed by atoms with van der Waals surface area (Å²) in [7, 11) is 1.84. The summed E-state index contributed by atoms with van der Waals surface area (Å²) in [6.07, 6.45) is 0. The summed E-state index contributed by atoms with van der Waals surface area (Å²) in [6, 6.07) is 0.558. The molecule has 2 amide bonds. The molecule has 0 atom stereocenters. The molecule has 1 aliphatic heterocycles. The van der Waals surface area contributed by atoms with Crippen molar-refractivity contribution in [3.63, 3.8) is 0 Å². The Morgan fingerprint density at radius 1 is 1.38 bits per heavy atom. The van der Waals surface area contributed by atoms with Gasteiger partial charge in [0.25, 0.3) is 0 Å². The molecular weight excluding hydrogens is 166 g/mol. The lowest BCUT2D eigenvalue weighted by molar-refractivity contribution is 0.127. The lowest BCUT2D eigenvalue weighted by Gasteiger charge is -2.39. The molecule has 1 N–H and O–H groups in total. The minimum atomic E-state index is 0.150. The normalized spacial score (nSPS) is 16.5. The van der Waals surface area contributed by atoms with E-state index in [2.05, 4.69) is 5.32 Å². The van der Waals surface area contributed by atoms with Gasteiger partial charge in [0.1, 0.15) is 0 Å². The van der Waals surface area contributed by atoms with Crippen molar-refractivity contribution in [3.05, 3.63) is 0 Å². The van der Waals surface area contributed by atoms with Gasteiger partial charge in [0.05, 0.1) is 6.04 Å². The van der Waals surface area contributed by atoms with Gasteiger partial charge in [-0.1, -0.05) is 0 Å². The summed E-state index contributed by atoms with van der Waals surface area (Å²) in [6.45, 7) is 7.48. The van der Waals surface area contributed by atoms with Gasteiger partial charge in [0, 0.05) is 33.2 Å². The minimum Gasteiger partial charge on any atom is -0.328 e. The van der Waals surface area contributed by atoms with E-state index in [9.17, 15) is 4.79 Å². The highest BCUT2D eigenvalue weighted by molar-refractivity contribution is 5.74. The van der Waals surface area contributed by atoms with Crippen LogP contribution in [0.1, 0.15) is 13.8 Å². The fraction of sp³-hybridized carbons (Fsp3) is 0.889. The van der Waals surface area contributed by atoms with Gasteiger partial charge >= 0.3 is 6.03 Å². The van der Waals surface area contributed by atoms with Crippen molar-refractivity contribution in [3.8, 4) is 0 Å². The second-order valence-corrected chi connectivity index (χ2v) is 3.39. The van der Waals surface area contributed by atoms with Crippen molar-refractivity contribution in [2.45, 2.75) is 19.9 Å². The fourth-order valence-electron chi connectivity index (χ4n) is 1.40. The lowest BCUT2D eigenvalue weighted by atomic mass is 10.1. The molecule has 0 spiro atoms. The molecule has 1 heterocycles. The first-order valence-corrected chi connectivity index (χ1v) is 4.93. The number of nitrogens with zero attached hydrogens (tertiary/aromatic N) is 2. The number of carbonyl (C=O) groups excluding carboxylic acids is 1. The fourth-order valence-corrected chi connectivity index (χ4v) is 1.40. The van der Waals surface area contributed by atoms with Gasteiger partial charge in [-0.05, 0) is 13.8 Å². The van der Waals surface area contributed by atoms with E-state index in [1.165, 1.54) is 0 Å². The van der Waals surface area contributed by atoms with Crippen molar-refractivity contribution in [2.24, 2.45) is 0 Å². The van der Waals surface area contributed by atoms with Gasteiger partial charge in [-0.3, -0.25) is 0 Å². The standard InChI is InChI=1S/C9H19N3O/c1-4-11(3)9(13)12(5-2)8-6-10-7-8/h8,10H,4-7H2,1-3H3. The molecule has 0 unspecified atom stereocenters. The molecule has 76 valence electrons. The van der Waals surface area contributed by atoms with Gasteiger partial charge in [-0.25, -0.2) is 4.79 Å². The van der Waals surface area contributed by atoms with Crippen molar-refractivity contribution in [2.75, 3.05) is 33.2 Å². The second kappa shape index (κ2) is 4.46. The molecule has 0 aliphatic carbocycles. The summed E-state index contributed by atoms with van der Waals surface area (Å²) in [5.41, 5.74) is 0. The van der Waals surface area contributed by atoms with Crippen LogP contribution in [0, 0.1) is 0 Å². The Kier molecular flexibility index (Phi) is 3.54. The minimum absolute atomic E-state index is 0.150. The predicted octanol–water partition coefficient (Wildman–Crippen LogP) is 0.352. The lowest BCUT2D eigenvalue weighted by Crippen LogP contribution is -2.60. The topological polar surface area (TPSA) is 35.6 Å². The molecule has 0 bridgehead atoms. The third-order valence-corrected chi connectivity index (χ3v) is 2.59. The average Bonchev–Trinajstić information content (AvgIpc) is 2.08. The Balaban J connectivity index is 2.49. The molecule has 1 aliphatic rings. The molecule has 4 nitrogen and oxygen atoms in total. The van der Waals surface area contributed by atoms with Crippen molar-refractivity contribution in [1.82, 2.24) is 15.1 Å². The number of hydrogen-bond acceptors (Lipinski definition) is 2. The first-order chi connectivity index (χ1) is 6.20. The van der Waals surface area contributed by atoms with Crippen LogP contribution < -0.4 is 5.32 Å². The number of likely N-dealkylation sites (N-methyl/N-ethyl adjacent to an activating group) is 1. The molecule has 4 heteroatoms. The molecule has 1 rings (SSSR count). The Morgan fingerprint density at radius 2 is 2.00 bits per heavy atom. The number of urea groups is 1. The number of nitrogens with one attached hydrogen (secondary N) is 1. The van der Waals surface area contributed by atoms with Crippen LogP contribution in [-0.2, 0) is 0 Å². The highest BCUT2D eigenvalue weighted by Gasteiger charge is 2.28. The van der Waals surface area contributed by atoms with Crippen molar-refractivity contribution < 1.29 is 4.79 Å². The summed E-state index contributed by atoms with van der Waals surface area (Å²) < 4.78 is 0. The van der Waals surface area contributed by atoms with Crippen molar-refractivity contribution >= 4 is 6.03 Å². The maximum Gasteiger partial charge on any atom is 0.320 e. The van der Waals surface area contributed by atoms with E-state index in [-0.39, 0.29) is 6.03 Å². The van der Waals surface area contributed by atoms with E-state index in [1.54, 1.807) is 4.90 Å². The van der Waals surface area contributed by atoms with Gasteiger partial charge < -0.3 is 15.1 Å². The average molecular weight is 185 g/mol. The van der Waals surface area contributed by atoms with Crippen LogP contribution in [0.25, 0.3) is 0 Å². The molecular formula is C9H19N3O. The van der Waals surface area contributed by atoms with E-state index < -0.39 is 0 Å². The Morgan fingerprint density at radius 3 is 2.31 bits per heavy atom. The van der Waals surface area contributed by atoms with E-state index in [0.29, 0.717) is 6.04 Å². The summed E-state index contributed by atoms with van der Waals surface area (Å²) in [5.74, 6) is 0. The first-order valence-electron chi connectivity index (χ1n) is 4.93. The third-order valence-electron chi connectivity index (χ3n) is 2.59. The largest absolute Gasteiger partial charge is 0.328 e. The highest BCUT2D eigenvalue weighted by Crippen LogP contribution is 2.07. The monoisotopic (exact) mass is 185 g/mol. The number of amides is 2. The number of carbonyl (C=O) groups is 1. The summed E-state index contributed by atoms with van der Waals surface area (Å²) in [4.78, 5) is 15.4. The smallest absolute Gasteiger partial charge is 0.320 e. The zero-order valence-corrected chi connectivity index (χ0v) is 8.71. The predicted molar refractivity (Wildman–Crippen MR) is 52.7 cm³/mol. The van der Waals surface area contributed by atoms with Crippen molar-refractivity contribution in [1.29, 1.82) is 0 Å². The summed E-state index contributed by atoms with van der Waals surface area (Å²) >= 11 is 0. The van der Waals surface area contributed by atoms with Gasteiger partial charge in [-0.2, -0.15) is 0 Å². The molecule has 0 saturated carbocycles. The quantitative estimate of drug-likeness (QED) is 0.688. The summed E-state index contributed by atoms with van der Waals surface area (Å²) in [5, 5.41) is 3.18. The second-order valence-electron chi connectivity index (χ2n) is 3.39. The van der Waals surface area contributed by atoms with E-state index >= 15 is 0 Å². The number of rotatable bonds is 3. The van der Waals surface area contributed by atoms with Crippen LogP contribution in [0.15, 0.2) is 0 Å². The first kappa shape index (κ1) is 10.3. The molecule has 13 heavy (non-hydrogen) atoms. The van der Waals surface area contributed by atoms with Crippen LogP contribution in [0.2, 0.25) is 0 Å². The van der Waals surface area contributed by atoms with Crippen LogP contribution >= 0.6 is 0 Å². The Labute approximate surface area is 79.9 Å². The van der Waals surface area contributed by atoms with Crippen LogP contribution in [0.4, 0.5) is 4.79 Å². The van der Waals surface area contributed by atoms with Crippen LogP contribution in [-0.4, -0.2) is 55.1 Å². The highest BCUT2D eigenvalue weighted by atomic mass is 16.2. The number of hydrogen-bond donors (Lipinski definition) is 1. The van der Waals surface area contributed by atoms with E-state index in [4.69, 9.17) is 0 Å². The molecule has 0 aromatic carbocycles.